The maximum absolute atomic E-state index is 13.7. The number of benzene rings is 2. The number of nitrogens with zero attached hydrogens (tertiary/aromatic N) is 2. The average molecular weight is 451 g/mol. The van der Waals surface area contributed by atoms with E-state index in [4.69, 9.17) is 0 Å². The van der Waals surface area contributed by atoms with E-state index < -0.39 is 12.1 Å². The third-order valence-electron chi connectivity index (χ3n) is 5.89. The first-order valence-electron chi connectivity index (χ1n) is 11.5. The third kappa shape index (κ3) is 5.99. The highest BCUT2D eigenvalue weighted by molar-refractivity contribution is 6.08. The highest BCUT2D eigenvalue weighted by Gasteiger charge is 2.37. The Morgan fingerprint density at radius 3 is 2.27 bits per heavy atom. The molecule has 2 aromatic carbocycles. The number of hydrogen-bond donors (Lipinski definition) is 2. The molecular formula is C26H34N4O3. The van der Waals surface area contributed by atoms with Gasteiger partial charge in [-0.1, -0.05) is 56.3 Å². The van der Waals surface area contributed by atoms with Gasteiger partial charge in [0.25, 0.3) is 5.91 Å². The molecule has 33 heavy (non-hydrogen) atoms. The number of amides is 3. The molecule has 3 rings (SSSR count). The Bertz CT molecular complexity index is 977. The summed E-state index contributed by atoms with van der Waals surface area (Å²) in [7, 11) is 1.69. The van der Waals surface area contributed by atoms with Crippen molar-refractivity contribution in [2.24, 2.45) is 5.92 Å². The second kappa shape index (κ2) is 11.1. The van der Waals surface area contributed by atoms with E-state index in [1.807, 2.05) is 68.4 Å². The van der Waals surface area contributed by atoms with Crippen molar-refractivity contribution in [2.75, 3.05) is 29.9 Å². The van der Waals surface area contributed by atoms with Gasteiger partial charge in [0.2, 0.25) is 11.8 Å². The van der Waals surface area contributed by atoms with Gasteiger partial charge in [-0.05, 0) is 44.0 Å². The van der Waals surface area contributed by atoms with Crippen LogP contribution in [-0.4, -0.2) is 49.9 Å². The summed E-state index contributed by atoms with van der Waals surface area (Å²) in [5.41, 5.74) is 2.50. The molecule has 0 fully saturated rings. The predicted octanol–water partition coefficient (Wildman–Crippen LogP) is 2.75. The molecule has 0 bridgehead atoms. The van der Waals surface area contributed by atoms with Crippen LogP contribution in [0.2, 0.25) is 0 Å². The van der Waals surface area contributed by atoms with Gasteiger partial charge in [0, 0.05) is 13.0 Å². The first kappa shape index (κ1) is 24.5. The first-order chi connectivity index (χ1) is 15.8. The third-order valence-corrected chi connectivity index (χ3v) is 5.89. The number of rotatable bonds is 8. The Balaban J connectivity index is 1.98. The summed E-state index contributed by atoms with van der Waals surface area (Å²) in [6.07, 6.45) is 1.02. The maximum Gasteiger partial charge on any atom is 0.251 e. The Hall–Kier alpha value is -3.19. The molecule has 3 amide bonds. The summed E-state index contributed by atoms with van der Waals surface area (Å²) in [6, 6.07) is 16.2. The van der Waals surface area contributed by atoms with Crippen LogP contribution in [0, 0.1) is 5.92 Å². The molecule has 0 spiro atoms. The van der Waals surface area contributed by atoms with Gasteiger partial charge in [0.1, 0.15) is 6.04 Å². The zero-order chi connectivity index (χ0) is 24.0. The normalized spacial score (nSPS) is 16.9. The van der Waals surface area contributed by atoms with Crippen molar-refractivity contribution in [1.29, 1.82) is 0 Å². The summed E-state index contributed by atoms with van der Waals surface area (Å²) in [6.45, 7) is 6.27. The summed E-state index contributed by atoms with van der Waals surface area (Å²) in [5.74, 6) is -0.373. The largest absolute Gasteiger partial charge is 0.341 e. The topological polar surface area (TPSA) is 81.8 Å². The number of anilines is 2. The molecular weight excluding hydrogens is 416 g/mol. The smallest absolute Gasteiger partial charge is 0.251 e. The quantitative estimate of drug-likeness (QED) is 0.648. The molecule has 2 N–H and O–H groups in total. The summed E-state index contributed by atoms with van der Waals surface area (Å²) in [4.78, 5) is 43.0. The van der Waals surface area contributed by atoms with E-state index >= 15 is 0 Å². The number of para-hydroxylation sites is 2. The summed E-state index contributed by atoms with van der Waals surface area (Å²) in [5, 5.41) is 5.78. The fourth-order valence-electron chi connectivity index (χ4n) is 3.93. The van der Waals surface area contributed by atoms with Crippen LogP contribution in [-0.2, 0) is 20.8 Å². The molecule has 0 saturated carbocycles. The Kier molecular flexibility index (Phi) is 8.22. The van der Waals surface area contributed by atoms with Gasteiger partial charge in [-0.15, -0.1) is 0 Å². The lowest BCUT2D eigenvalue weighted by molar-refractivity contribution is -0.128. The minimum Gasteiger partial charge on any atom is -0.341 e. The number of carbonyl (C=O) groups excluding carboxylic acids is 3. The second-order valence-corrected chi connectivity index (χ2v) is 8.89. The molecule has 0 aliphatic carbocycles. The molecule has 176 valence electrons. The molecule has 0 saturated heterocycles. The van der Waals surface area contributed by atoms with Crippen LogP contribution in [0.4, 0.5) is 11.4 Å². The SMILES string of the molecule is CN[C@@H](C)C(=O)NC1CN(C(=O)CC(C)C)c2ccccc2N(CCc2ccccc2)C1=O. The van der Waals surface area contributed by atoms with Gasteiger partial charge in [0.15, 0.2) is 0 Å². The van der Waals surface area contributed by atoms with Gasteiger partial charge >= 0.3 is 0 Å². The number of hydrogen-bond acceptors (Lipinski definition) is 4. The average Bonchev–Trinajstić information content (AvgIpc) is 2.92. The number of likely N-dealkylation sites (N-methyl/N-ethyl adjacent to an activating group) is 1. The molecule has 7 heteroatoms. The van der Waals surface area contributed by atoms with E-state index in [2.05, 4.69) is 10.6 Å². The highest BCUT2D eigenvalue weighted by Crippen LogP contribution is 2.33. The Morgan fingerprint density at radius 2 is 1.64 bits per heavy atom. The molecule has 1 unspecified atom stereocenters. The lowest BCUT2D eigenvalue weighted by Crippen LogP contribution is -2.56. The van der Waals surface area contributed by atoms with Crippen molar-refractivity contribution < 1.29 is 14.4 Å². The van der Waals surface area contributed by atoms with E-state index in [9.17, 15) is 14.4 Å². The van der Waals surface area contributed by atoms with Crippen molar-refractivity contribution in [2.45, 2.75) is 45.7 Å². The van der Waals surface area contributed by atoms with Crippen molar-refractivity contribution in [3.8, 4) is 0 Å². The van der Waals surface area contributed by atoms with Crippen LogP contribution >= 0.6 is 0 Å². The van der Waals surface area contributed by atoms with Crippen LogP contribution in [0.5, 0.6) is 0 Å². The molecule has 2 aromatic rings. The number of nitrogens with one attached hydrogen (secondary N) is 2. The molecule has 1 aliphatic rings. The molecule has 1 aliphatic heterocycles. The van der Waals surface area contributed by atoms with Crippen molar-refractivity contribution in [1.82, 2.24) is 10.6 Å². The van der Waals surface area contributed by atoms with Gasteiger partial charge in [0.05, 0.1) is 24.0 Å². The molecule has 2 atom stereocenters. The maximum atomic E-state index is 13.7. The lowest BCUT2D eigenvalue weighted by atomic mass is 10.1. The first-order valence-corrected chi connectivity index (χ1v) is 11.5. The van der Waals surface area contributed by atoms with Crippen LogP contribution in [0.15, 0.2) is 54.6 Å². The Labute approximate surface area is 196 Å². The van der Waals surface area contributed by atoms with E-state index in [1.165, 1.54) is 0 Å². The lowest BCUT2D eigenvalue weighted by Gasteiger charge is -2.26. The highest BCUT2D eigenvalue weighted by atomic mass is 16.2. The molecule has 1 heterocycles. The minimum atomic E-state index is -0.840. The van der Waals surface area contributed by atoms with Crippen molar-refractivity contribution in [3.05, 3.63) is 60.2 Å². The monoisotopic (exact) mass is 450 g/mol. The summed E-state index contributed by atoms with van der Waals surface area (Å²) < 4.78 is 0. The number of fused-ring (bicyclic) bond motifs is 1. The van der Waals surface area contributed by atoms with Gasteiger partial charge in [-0.3, -0.25) is 14.4 Å². The summed E-state index contributed by atoms with van der Waals surface area (Å²) >= 11 is 0. The fraction of sp³-hybridized carbons (Fsp3) is 0.423. The Morgan fingerprint density at radius 1 is 1.00 bits per heavy atom. The van der Waals surface area contributed by atoms with Gasteiger partial charge in [-0.25, -0.2) is 0 Å². The van der Waals surface area contributed by atoms with E-state index in [0.29, 0.717) is 30.8 Å². The predicted molar refractivity (Wildman–Crippen MR) is 131 cm³/mol. The van der Waals surface area contributed by atoms with Crippen LogP contribution in [0.25, 0.3) is 0 Å². The number of carbonyl (C=O) groups is 3. The van der Waals surface area contributed by atoms with Crippen LogP contribution < -0.4 is 20.4 Å². The van der Waals surface area contributed by atoms with Crippen molar-refractivity contribution >= 4 is 29.1 Å². The van der Waals surface area contributed by atoms with Crippen LogP contribution in [0.3, 0.4) is 0 Å². The van der Waals surface area contributed by atoms with E-state index in [1.54, 1.807) is 23.8 Å². The zero-order valence-electron chi connectivity index (χ0n) is 19.9. The van der Waals surface area contributed by atoms with Crippen molar-refractivity contribution in [3.63, 3.8) is 0 Å². The van der Waals surface area contributed by atoms with Crippen LogP contribution in [0.1, 0.15) is 32.8 Å². The minimum absolute atomic E-state index is 0.0592. The zero-order valence-corrected chi connectivity index (χ0v) is 19.9. The van der Waals surface area contributed by atoms with E-state index in [0.717, 1.165) is 5.56 Å². The molecule has 0 radical (unpaired) electrons. The van der Waals surface area contributed by atoms with Gasteiger partial charge in [-0.2, -0.15) is 0 Å². The standard InChI is InChI=1S/C26H34N4O3/c1-18(2)16-24(31)30-17-21(28-25(32)19(3)27-4)26(33)29(22-12-8-9-13-23(22)30)15-14-20-10-6-5-7-11-20/h5-13,18-19,21,27H,14-17H2,1-4H3,(H,28,32)/t19-,21?/m0/s1. The second-order valence-electron chi connectivity index (χ2n) is 8.89. The molecule has 7 nitrogen and oxygen atoms in total. The van der Waals surface area contributed by atoms with E-state index in [-0.39, 0.29) is 30.2 Å². The molecule has 0 aromatic heterocycles. The fourth-order valence-corrected chi connectivity index (χ4v) is 3.93. The van der Waals surface area contributed by atoms with Gasteiger partial charge < -0.3 is 20.4 Å².